The Morgan fingerprint density at radius 3 is 2.73 bits per heavy atom. The van der Waals surface area contributed by atoms with Crippen molar-refractivity contribution in [1.82, 2.24) is 14.9 Å². The van der Waals surface area contributed by atoms with E-state index < -0.39 is 0 Å². The fraction of sp³-hybridized carbons (Fsp3) is 0.800. The molecular formula is C10H20N4S. The molecule has 1 rings (SSSR count). The van der Waals surface area contributed by atoms with Gasteiger partial charge in [-0.25, -0.2) is 0 Å². The Morgan fingerprint density at radius 2 is 2.13 bits per heavy atom. The molecule has 5 heteroatoms. The van der Waals surface area contributed by atoms with Crippen molar-refractivity contribution in [1.29, 1.82) is 0 Å². The van der Waals surface area contributed by atoms with Crippen LogP contribution in [0, 0.1) is 0 Å². The molecule has 4 nitrogen and oxygen atoms in total. The third-order valence-electron chi connectivity index (χ3n) is 2.11. The molecule has 0 saturated heterocycles. The van der Waals surface area contributed by atoms with Gasteiger partial charge < -0.3 is 11.1 Å². The maximum atomic E-state index is 5.43. The predicted octanol–water partition coefficient (Wildman–Crippen LogP) is 1.27. The van der Waals surface area contributed by atoms with Crippen LogP contribution in [-0.4, -0.2) is 22.7 Å². The molecule has 1 heterocycles. The molecule has 0 amide bonds. The largest absolute Gasteiger partial charge is 0.330 e. The van der Waals surface area contributed by atoms with Crippen molar-refractivity contribution in [3.63, 3.8) is 0 Å². The minimum absolute atomic E-state index is 0.0812. The summed E-state index contributed by atoms with van der Waals surface area (Å²) in [5.74, 6) is 0. The number of hydrogen-bond donors (Lipinski definition) is 2. The maximum absolute atomic E-state index is 5.43. The van der Waals surface area contributed by atoms with Crippen molar-refractivity contribution < 1.29 is 0 Å². The van der Waals surface area contributed by atoms with Crippen molar-refractivity contribution in [3.8, 4) is 0 Å². The molecule has 0 atom stereocenters. The first-order valence-electron chi connectivity index (χ1n) is 5.28. The highest BCUT2D eigenvalue weighted by atomic mass is 32.1. The second kappa shape index (κ2) is 5.53. The van der Waals surface area contributed by atoms with E-state index in [0.29, 0.717) is 0 Å². The molecule has 3 N–H and O–H groups in total. The fourth-order valence-corrected chi connectivity index (χ4v) is 2.14. The summed E-state index contributed by atoms with van der Waals surface area (Å²) in [6.45, 7) is 9.02. The Bertz CT molecular complexity index is 290. The van der Waals surface area contributed by atoms with Gasteiger partial charge in [0.25, 0.3) is 0 Å². The molecule has 0 fully saturated rings. The van der Waals surface area contributed by atoms with Gasteiger partial charge >= 0.3 is 0 Å². The van der Waals surface area contributed by atoms with Crippen molar-refractivity contribution in [3.05, 3.63) is 10.6 Å². The standard InChI is InChI=1S/C10H20N4S/c1-10(2,3)9-8(15-14-13-9)7-12-6-4-5-11/h12H,4-7,11H2,1-3H3. The van der Waals surface area contributed by atoms with Crippen LogP contribution >= 0.6 is 11.5 Å². The second-order valence-corrected chi connectivity index (χ2v) is 5.45. The fourth-order valence-electron chi connectivity index (χ4n) is 1.32. The zero-order chi connectivity index (χ0) is 11.3. The molecule has 0 aliphatic heterocycles. The van der Waals surface area contributed by atoms with Gasteiger partial charge in [0.05, 0.1) is 10.6 Å². The lowest BCUT2D eigenvalue weighted by Gasteiger charge is -2.16. The first kappa shape index (κ1) is 12.5. The van der Waals surface area contributed by atoms with Gasteiger partial charge in [-0.3, -0.25) is 0 Å². The van der Waals surface area contributed by atoms with Crippen LogP contribution in [0.1, 0.15) is 37.8 Å². The lowest BCUT2D eigenvalue weighted by atomic mass is 9.91. The van der Waals surface area contributed by atoms with Crippen LogP contribution in [0.3, 0.4) is 0 Å². The molecule has 86 valence electrons. The van der Waals surface area contributed by atoms with E-state index in [1.165, 1.54) is 16.4 Å². The van der Waals surface area contributed by atoms with E-state index in [1.54, 1.807) is 0 Å². The van der Waals surface area contributed by atoms with Crippen molar-refractivity contribution in [2.75, 3.05) is 13.1 Å². The smallest absolute Gasteiger partial charge is 0.0854 e. The average Bonchev–Trinajstić information content (AvgIpc) is 2.59. The van der Waals surface area contributed by atoms with Crippen LogP contribution in [0.2, 0.25) is 0 Å². The number of nitrogens with one attached hydrogen (secondary N) is 1. The normalized spacial score (nSPS) is 12.0. The number of aromatic nitrogens is 2. The Morgan fingerprint density at radius 1 is 1.40 bits per heavy atom. The van der Waals surface area contributed by atoms with Gasteiger partial charge in [0.2, 0.25) is 0 Å². The molecule has 0 unspecified atom stereocenters. The third-order valence-corrected chi connectivity index (χ3v) is 2.83. The van der Waals surface area contributed by atoms with Crippen molar-refractivity contribution >= 4 is 11.5 Å². The van der Waals surface area contributed by atoms with Gasteiger partial charge in [0.1, 0.15) is 0 Å². The van der Waals surface area contributed by atoms with E-state index in [9.17, 15) is 0 Å². The van der Waals surface area contributed by atoms with Gasteiger partial charge in [-0.2, -0.15) is 0 Å². The summed E-state index contributed by atoms with van der Waals surface area (Å²) >= 11 is 1.48. The van der Waals surface area contributed by atoms with E-state index in [-0.39, 0.29) is 5.41 Å². The Balaban J connectivity index is 2.51. The molecular weight excluding hydrogens is 208 g/mol. The van der Waals surface area contributed by atoms with E-state index in [2.05, 4.69) is 35.7 Å². The Labute approximate surface area is 95.4 Å². The minimum atomic E-state index is 0.0812. The number of nitrogens with zero attached hydrogens (tertiary/aromatic N) is 2. The summed E-state index contributed by atoms with van der Waals surface area (Å²) < 4.78 is 4.01. The first-order chi connectivity index (χ1) is 7.05. The monoisotopic (exact) mass is 228 g/mol. The zero-order valence-electron chi connectivity index (χ0n) is 9.71. The highest BCUT2D eigenvalue weighted by Gasteiger charge is 2.21. The molecule has 0 saturated carbocycles. The summed E-state index contributed by atoms with van der Waals surface area (Å²) in [6, 6.07) is 0. The van der Waals surface area contributed by atoms with E-state index in [4.69, 9.17) is 5.73 Å². The van der Waals surface area contributed by atoms with E-state index in [0.717, 1.165) is 31.7 Å². The number of hydrogen-bond acceptors (Lipinski definition) is 5. The Kier molecular flexibility index (Phi) is 4.63. The summed E-state index contributed by atoms with van der Waals surface area (Å²) in [6.07, 6.45) is 1.01. The van der Waals surface area contributed by atoms with Crippen molar-refractivity contribution in [2.24, 2.45) is 5.73 Å². The van der Waals surface area contributed by atoms with Crippen LogP contribution in [0.5, 0.6) is 0 Å². The topological polar surface area (TPSA) is 63.8 Å². The third kappa shape index (κ3) is 3.85. The second-order valence-electron chi connectivity index (χ2n) is 4.61. The molecule has 0 aliphatic carbocycles. The van der Waals surface area contributed by atoms with Gasteiger partial charge in [-0.15, -0.1) is 5.10 Å². The summed E-state index contributed by atoms with van der Waals surface area (Å²) in [4.78, 5) is 1.24. The minimum Gasteiger partial charge on any atom is -0.330 e. The molecule has 0 aliphatic rings. The molecule has 15 heavy (non-hydrogen) atoms. The quantitative estimate of drug-likeness (QED) is 0.745. The first-order valence-corrected chi connectivity index (χ1v) is 6.05. The van der Waals surface area contributed by atoms with Crippen LogP contribution in [0.25, 0.3) is 0 Å². The summed E-state index contributed by atoms with van der Waals surface area (Å²) in [7, 11) is 0. The number of rotatable bonds is 5. The lowest BCUT2D eigenvalue weighted by molar-refractivity contribution is 0.553. The van der Waals surface area contributed by atoms with Gasteiger partial charge in [-0.05, 0) is 31.0 Å². The van der Waals surface area contributed by atoms with Crippen LogP contribution < -0.4 is 11.1 Å². The van der Waals surface area contributed by atoms with Gasteiger partial charge in [0, 0.05) is 12.0 Å². The molecule has 0 aromatic carbocycles. The predicted molar refractivity (Wildman–Crippen MR) is 64.0 cm³/mol. The van der Waals surface area contributed by atoms with Crippen LogP contribution in [-0.2, 0) is 12.0 Å². The van der Waals surface area contributed by atoms with Crippen LogP contribution in [0.4, 0.5) is 0 Å². The molecule has 0 spiro atoms. The molecule has 1 aromatic rings. The number of nitrogens with two attached hydrogens (primary N) is 1. The SMILES string of the molecule is CC(C)(C)c1nnsc1CNCCCN. The Hall–Kier alpha value is -0.520. The molecule has 1 aromatic heterocycles. The highest BCUT2D eigenvalue weighted by molar-refractivity contribution is 7.05. The summed E-state index contributed by atoms with van der Waals surface area (Å²) in [5.41, 5.74) is 6.61. The maximum Gasteiger partial charge on any atom is 0.0854 e. The van der Waals surface area contributed by atoms with E-state index in [1.807, 2.05) is 0 Å². The lowest BCUT2D eigenvalue weighted by Crippen LogP contribution is -2.20. The van der Waals surface area contributed by atoms with E-state index >= 15 is 0 Å². The molecule has 0 bridgehead atoms. The van der Waals surface area contributed by atoms with Gasteiger partial charge in [-0.1, -0.05) is 25.3 Å². The van der Waals surface area contributed by atoms with Crippen LogP contribution in [0.15, 0.2) is 0 Å². The van der Waals surface area contributed by atoms with Gasteiger partial charge in [0.15, 0.2) is 0 Å². The molecule has 0 radical (unpaired) electrons. The summed E-state index contributed by atoms with van der Waals surface area (Å²) in [5, 5.41) is 7.54. The highest BCUT2D eigenvalue weighted by Crippen LogP contribution is 2.25. The zero-order valence-corrected chi connectivity index (χ0v) is 10.5. The average molecular weight is 228 g/mol. The van der Waals surface area contributed by atoms with Crippen molar-refractivity contribution in [2.45, 2.75) is 39.2 Å².